The van der Waals surface area contributed by atoms with E-state index in [1.807, 2.05) is 0 Å². The standard InChI is InChI=1S/C11H14F2N2O/c1-15(6-2-5-14)11(16)9-4-3-8(12)7-10(9)13/h3-4,7H,2,5-6,14H2,1H3. The van der Waals surface area contributed by atoms with E-state index < -0.39 is 17.5 Å². The quantitative estimate of drug-likeness (QED) is 0.846. The maximum Gasteiger partial charge on any atom is 0.256 e. The van der Waals surface area contributed by atoms with Crippen LogP contribution in [0.1, 0.15) is 16.8 Å². The second-order valence-corrected chi connectivity index (χ2v) is 3.49. The maximum atomic E-state index is 13.3. The zero-order chi connectivity index (χ0) is 12.1. The van der Waals surface area contributed by atoms with E-state index in [2.05, 4.69) is 0 Å². The van der Waals surface area contributed by atoms with E-state index in [0.717, 1.165) is 12.1 Å². The van der Waals surface area contributed by atoms with Crippen LogP contribution in [0.15, 0.2) is 18.2 Å². The van der Waals surface area contributed by atoms with Crippen LogP contribution in [0.2, 0.25) is 0 Å². The lowest BCUT2D eigenvalue weighted by molar-refractivity contribution is 0.0789. The molecule has 0 atom stereocenters. The molecule has 0 aliphatic carbocycles. The Morgan fingerprint density at radius 2 is 2.12 bits per heavy atom. The first-order chi connectivity index (χ1) is 7.56. The fourth-order valence-electron chi connectivity index (χ4n) is 1.30. The Morgan fingerprint density at radius 3 is 2.69 bits per heavy atom. The lowest BCUT2D eigenvalue weighted by Crippen LogP contribution is -2.29. The molecule has 2 N–H and O–H groups in total. The fraction of sp³-hybridized carbons (Fsp3) is 0.364. The number of benzene rings is 1. The van der Waals surface area contributed by atoms with Gasteiger partial charge >= 0.3 is 0 Å². The number of nitrogens with two attached hydrogens (primary N) is 1. The van der Waals surface area contributed by atoms with Crippen LogP contribution >= 0.6 is 0 Å². The van der Waals surface area contributed by atoms with E-state index in [9.17, 15) is 13.6 Å². The highest BCUT2D eigenvalue weighted by Gasteiger charge is 2.15. The normalized spacial score (nSPS) is 10.2. The molecule has 0 heterocycles. The summed E-state index contributed by atoms with van der Waals surface area (Å²) in [5.74, 6) is -2.01. The number of amides is 1. The molecule has 1 amide bonds. The minimum absolute atomic E-state index is 0.124. The smallest absolute Gasteiger partial charge is 0.256 e. The first-order valence-corrected chi connectivity index (χ1v) is 4.97. The Kier molecular flexibility index (Phi) is 4.37. The van der Waals surface area contributed by atoms with Crippen LogP contribution in [0, 0.1) is 11.6 Å². The van der Waals surface area contributed by atoms with Crippen LogP contribution in [-0.4, -0.2) is 30.9 Å². The third-order valence-corrected chi connectivity index (χ3v) is 2.21. The van der Waals surface area contributed by atoms with Gasteiger partial charge in [-0.2, -0.15) is 0 Å². The summed E-state index contributed by atoms with van der Waals surface area (Å²) < 4.78 is 25.9. The van der Waals surface area contributed by atoms with Gasteiger partial charge in [0.15, 0.2) is 0 Å². The Balaban J connectivity index is 2.79. The molecular weight excluding hydrogens is 214 g/mol. The van der Waals surface area contributed by atoms with Crippen molar-refractivity contribution >= 4 is 5.91 Å². The minimum Gasteiger partial charge on any atom is -0.342 e. The largest absolute Gasteiger partial charge is 0.342 e. The third kappa shape index (κ3) is 3.00. The van der Waals surface area contributed by atoms with E-state index in [1.165, 1.54) is 4.90 Å². The predicted molar refractivity (Wildman–Crippen MR) is 57.0 cm³/mol. The molecule has 0 spiro atoms. The zero-order valence-electron chi connectivity index (χ0n) is 9.04. The third-order valence-electron chi connectivity index (χ3n) is 2.21. The number of hydrogen-bond donors (Lipinski definition) is 1. The van der Waals surface area contributed by atoms with Crippen LogP contribution in [0.4, 0.5) is 8.78 Å². The first kappa shape index (κ1) is 12.6. The second kappa shape index (κ2) is 5.55. The molecular formula is C11H14F2N2O. The van der Waals surface area contributed by atoms with Crippen molar-refractivity contribution in [3.8, 4) is 0 Å². The van der Waals surface area contributed by atoms with Crippen LogP contribution in [-0.2, 0) is 0 Å². The Labute approximate surface area is 92.8 Å². The molecule has 16 heavy (non-hydrogen) atoms. The summed E-state index contributed by atoms with van der Waals surface area (Å²) >= 11 is 0. The van der Waals surface area contributed by atoms with Crippen molar-refractivity contribution in [3.05, 3.63) is 35.4 Å². The van der Waals surface area contributed by atoms with Gasteiger partial charge in [-0.05, 0) is 25.1 Å². The predicted octanol–water partition coefficient (Wildman–Crippen LogP) is 1.39. The van der Waals surface area contributed by atoms with E-state index in [-0.39, 0.29) is 5.56 Å². The SMILES string of the molecule is CN(CCCN)C(=O)c1ccc(F)cc1F. The second-order valence-electron chi connectivity index (χ2n) is 3.49. The molecule has 0 aliphatic heterocycles. The Bertz CT molecular complexity index is 382. The van der Waals surface area contributed by atoms with Gasteiger partial charge in [-0.15, -0.1) is 0 Å². The fourth-order valence-corrected chi connectivity index (χ4v) is 1.30. The van der Waals surface area contributed by atoms with Crippen molar-refractivity contribution in [3.63, 3.8) is 0 Å². The molecule has 0 unspecified atom stereocenters. The van der Waals surface area contributed by atoms with E-state index in [0.29, 0.717) is 25.6 Å². The number of rotatable bonds is 4. The summed E-state index contributed by atoms with van der Waals surface area (Å²) in [6.45, 7) is 0.912. The van der Waals surface area contributed by atoms with Crippen molar-refractivity contribution in [1.82, 2.24) is 4.90 Å². The molecule has 1 aromatic carbocycles. The average molecular weight is 228 g/mol. The number of hydrogen-bond acceptors (Lipinski definition) is 2. The highest BCUT2D eigenvalue weighted by Crippen LogP contribution is 2.11. The number of carbonyl (C=O) groups is 1. The molecule has 88 valence electrons. The molecule has 0 fully saturated rings. The number of nitrogens with zero attached hydrogens (tertiary/aromatic N) is 1. The van der Waals surface area contributed by atoms with Gasteiger partial charge in [0.1, 0.15) is 11.6 Å². The van der Waals surface area contributed by atoms with Gasteiger partial charge in [0.05, 0.1) is 5.56 Å². The zero-order valence-corrected chi connectivity index (χ0v) is 9.04. The summed E-state index contributed by atoms with van der Waals surface area (Å²) in [4.78, 5) is 13.1. The maximum absolute atomic E-state index is 13.3. The van der Waals surface area contributed by atoms with Crippen LogP contribution in [0.25, 0.3) is 0 Å². The molecule has 1 rings (SSSR count). The van der Waals surface area contributed by atoms with Crippen molar-refractivity contribution < 1.29 is 13.6 Å². The molecule has 0 aromatic heterocycles. The molecule has 0 aliphatic rings. The summed E-state index contributed by atoms with van der Waals surface area (Å²) in [6, 6.07) is 2.91. The summed E-state index contributed by atoms with van der Waals surface area (Å²) in [5.41, 5.74) is 5.18. The van der Waals surface area contributed by atoms with E-state index in [4.69, 9.17) is 5.73 Å². The number of halogens is 2. The summed E-state index contributed by atoms with van der Waals surface area (Å²) in [5, 5.41) is 0. The molecule has 0 saturated heterocycles. The topological polar surface area (TPSA) is 46.3 Å². The lowest BCUT2D eigenvalue weighted by atomic mass is 10.2. The highest BCUT2D eigenvalue weighted by molar-refractivity contribution is 5.94. The van der Waals surface area contributed by atoms with Gasteiger partial charge in [0.25, 0.3) is 5.91 Å². The monoisotopic (exact) mass is 228 g/mol. The van der Waals surface area contributed by atoms with Crippen molar-refractivity contribution in [2.75, 3.05) is 20.1 Å². The van der Waals surface area contributed by atoms with Crippen LogP contribution < -0.4 is 5.73 Å². The lowest BCUT2D eigenvalue weighted by Gasteiger charge is -2.16. The Morgan fingerprint density at radius 1 is 1.44 bits per heavy atom. The molecule has 3 nitrogen and oxygen atoms in total. The van der Waals surface area contributed by atoms with Gasteiger partial charge < -0.3 is 10.6 Å². The highest BCUT2D eigenvalue weighted by atomic mass is 19.1. The van der Waals surface area contributed by atoms with Gasteiger partial charge in [0.2, 0.25) is 0 Å². The van der Waals surface area contributed by atoms with Gasteiger partial charge in [-0.3, -0.25) is 4.79 Å². The molecule has 0 bridgehead atoms. The molecule has 5 heteroatoms. The summed E-state index contributed by atoms with van der Waals surface area (Å²) in [6.07, 6.45) is 0.644. The number of carbonyl (C=O) groups excluding carboxylic acids is 1. The Hall–Kier alpha value is -1.49. The summed E-state index contributed by atoms with van der Waals surface area (Å²) in [7, 11) is 1.56. The van der Waals surface area contributed by atoms with Crippen LogP contribution in [0.3, 0.4) is 0 Å². The molecule has 0 saturated carbocycles. The van der Waals surface area contributed by atoms with Crippen molar-refractivity contribution in [2.45, 2.75) is 6.42 Å². The van der Waals surface area contributed by atoms with Gasteiger partial charge in [-0.25, -0.2) is 8.78 Å². The van der Waals surface area contributed by atoms with E-state index in [1.54, 1.807) is 7.05 Å². The van der Waals surface area contributed by atoms with E-state index >= 15 is 0 Å². The van der Waals surface area contributed by atoms with Crippen LogP contribution in [0.5, 0.6) is 0 Å². The van der Waals surface area contributed by atoms with Gasteiger partial charge in [0, 0.05) is 19.7 Å². The molecule has 0 radical (unpaired) electrons. The van der Waals surface area contributed by atoms with Crippen molar-refractivity contribution in [2.24, 2.45) is 5.73 Å². The first-order valence-electron chi connectivity index (χ1n) is 4.97. The van der Waals surface area contributed by atoms with Crippen molar-refractivity contribution in [1.29, 1.82) is 0 Å². The minimum atomic E-state index is -0.843. The van der Waals surface area contributed by atoms with Gasteiger partial charge in [-0.1, -0.05) is 0 Å². The molecule has 1 aromatic rings. The average Bonchev–Trinajstić information content (AvgIpc) is 2.25.